The number of non-ortho nitro benzene ring substituents is 1. The molecule has 0 aliphatic rings. The van der Waals surface area contributed by atoms with Gasteiger partial charge in [-0.3, -0.25) is 15.1 Å². The molecule has 0 saturated heterocycles. The van der Waals surface area contributed by atoms with E-state index in [1.807, 2.05) is 31.2 Å². The molecule has 3 rings (SSSR count). The molecule has 3 aromatic rings. The molecular weight excluding hydrogens is 344 g/mol. The van der Waals surface area contributed by atoms with Gasteiger partial charge in [-0.1, -0.05) is 24.3 Å². The number of aryl methyl sites for hydroxylation is 1. The molecule has 134 valence electrons. The van der Waals surface area contributed by atoms with Crippen LogP contribution in [0.25, 0.3) is 0 Å². The third kappa shape index (κ3) is 4.60. The van der Waals surface area contributed by atoms with Gasteiger partial charge in [-0.05, 0) is 42.8 Å². The summed E-state index contributed by atoms with van der Waals surface area (Å²) in [4.78, 5) is 14.7. The highest BCUT2D eigenvalue weighted by Crippen LogP contribution is 2.26. The summed E-state index contributed by atoms with van der Waals surface area (Å²) in [7, 11) is 0. The summed E-state index contributed by atoms with van der Waals surface area (Å²) in [6, 6.07) is 18.3. The fourth-order valence-electron chi connectivity index (χ4n) is 2.34. The van der Waals surface area contributed by atoms with Crippen molar-refractivity contribution in [3.8, 4) is 5.75 Å². The van der Waals surface area contributed by atoms with E-state index in [1.54, 1.807) is 30.5 Å². The van der Waals surface area contributed by atoms with Crippen molar-refractivity contribution in [2.24, 2.45) is 15.2 Å². The van der Waals surface area contributed by atoms with Gasteiger partial charge in [0, 0.05) is 23.9 Å². The van der Waals surface area contributed by atoms with Crippen LogP contribution in [0.4, 0.5) is 22.7 Å². The van der Waals surface area contributed by atoms with Crippen LogP contribution in [0.3, 0.4) is 0 Å². The van der Waals surface area contributed by atoms with E-state index in [1.165, 1.54) is 18.2 Å². The van der Waals surface area contributed by atoms with E-state index in [0.29, 0.717) is 16.9 Å². The molecule has 0 amide bonds. The molecule has 0 aromatic heterocycles. The largest absolute Gasteiger partial charge is 0.507 e. The van der Waals surface area contributed by atoms with Crippen molar-refractivity contribution in [2.45, 2.75) is 6.92 Å². The number of hydrogen-bond donors (Lipinski definition) is 1. The second-order valence-corrected chi connectivity index (χ2v) is 5.76. The van der Waals surface area contributed by atoms with Gasteiger partial charge in [0.25, 0.3) is 5.69 Å². The van der Waals surface area contributed by atoms with Gasteiger partial charge in [0.05, 0.1) is 22.0 Å². The van der Waals surface area contributed by atoms with Gasteiger partial charge in [0.1, 0.15) is 5.75 Å². The molecule has 0 spiro atoms. The highest BCUT2D eigenvalue weighted by molar-refractivity contribution is 5.86. The summed E-state index contributed by atoms with van der Waals surface area (Å²) < 4.78 is 0. The third-order valence-electron chi connectivity index (χ3n) is 3.79. The average molecular weight is 360 g/mol. The second-order valence-electron chi connectivity index (χ2n) is 5.76. The van der Waals surface area contributed by atoms with Crippen molar-refractivity contribution in [3.05, 3.63) is 88.0 Å². The van der Waals surface area contributed by atoms with Gasteiger partial charge in [-0.15, -0.1) is 0 Å². The number of nitro groups is 1. The lowest BCUT2D eigenvalue weighted by Gasteiger charge is -2.01. The summed E-state index contributed by atoms with van der Waals surface area (Å²) in [5.74, 6) is 0.0710. The van der Waals surface area contributed by atoms with Crippen LogP contribution in [0.15, 0.2) is 82.0 Å². The van der Waals surface area contributed by atoms with E-state index in [9.17, 15) is 15.2 Å². The van der Waals surface area contributed by atoms with Crippen LogP contribution in [0.5, 0.6) is 5.75 Å². The zero-order valence-electron chi connectivity index (χ0n) is 14.5. The molecule has 1 N–H and O–H groups in total. The van der Waals surface area contributed by atoms with Gasteiger partial charge in [-0.25, -0.2) is 0 Å². The number of phenolic OH excluding ortho intramolecular Hbond substituents is 1. The van der Waals surface area contributed by atoms with Crippen molar-refractivity contribution >= 4 is 29.0 Å². The Morgan fingerprint density at radius 3 is 2.44 bits per heavy atom. The minimum Gasteiger partial charge on any atom is -0.507 e. The summed E-state index contributed by atoms with van der Waals surface area (Å²) in [5, 5.41) is 28.9. The minimum absolute atomic E-state index is 0.0526. The van der Waals surface area contributed by atoms with Crippen molar-refractivity contribution in [1.29, 1.82) is 0 Å². The van der Waals surface area contributed by atoms with Crippen molar-refractivity contribution in [2.75, 3.05) is 0 Å². The van der Waals surface area contributed by atoms with Crippen molar-refractivity contribution < 1.29 is 10.0 Å². The molecule has 0 fully saturated rings. The number of rotatable bonds is 5. The number of aromatic hydroxyl groups is 1. The zero-order valence-corrected chi connectivity index (χ0v) is 14.5. The van der Waals surface area contributed by atoms with E-state index < -0.39 is 4.92 Å². The summed E-state index contributed by atoms with van der Waals surface area (Å²) >= 11 is 0. The Bertz CT molecular complexity index is 1040. The predicted octanol–water partition coefficient (Wildman–Crippen LogP) is 5.77. The maximum Gasteiger partial charge on any atom is 0.271 e. The molecule has 0 aliphatic carbocycles. The molecular formula is C20H16N4O3. The van der Waals surface area contributed by atoms with Crippen LogP contribution in [-0.4, -0.2) is 16.2 Å². The van der Waals surface area contributed by atoms with Gasteiger partial charge >= 0.3 is 0 Å². The third-order valence-corrected chi connectivity index (χ3v) is 3.79. The minimum atomic E-state index is -0.486. The summed E-state index contributed by atoms with van der Waals surface area (Å²) in [6.45, 7) is 1.95. The number of benzene rings is 3. The number of nitrogens with zero attached hydrogens (tertiary/aromatic N) is 4. The quantitative estimate of drug-likeness (QED) is 0.270. The first-order valence-electron chi connectivity index (χ1n) is 8.12. The van der Waals surface area contributed by atoms with Crippen LogP contribution in [-0.2, 0) is 0 Å². The van der Waals surface area contributed by atoms with Crippen LogP contribution in [0.1, 0.15) is 11.1 Å². The molecule has 7 heteroatoms. The fraction of sp³-hybridized carbons (Fsp3) is 0.0500. The predicted molar refractivity (Wildman–Crippen MR) is 104 cm³/mol. The zero-order chi connectivity index (χ0) is 19.2. The molecule has 0 heterocycles. The van der Waals surface area contributed by atoms with Crippen LogP contribution in [0.2, 0.25) is 0 Å². The van der Waals surface area contributed by atoms with E-state index in [0.717, 1.165) is 11.3 Å². The highest BCUT2D eigenvalue weighted by atomic mass is 16.6. The van der Waals surface area contributed by atoms with E-state index in [4.69, 9.17) is 0 Å². The Labute approximate surface area is 155 Å². The number of aliphatic imine (C=N–C) groups is 1. The molecule has 0 bridgehead atoms. The molecule has 0 atom stereocenters. The molecule has 0 unspecified atom stereocenters. The number of azo groups is 1. The second kappa shape index (κ2) is 8.01. The molecule has 0 aliphatic heterocycles. The molecule has 3 aromatic carbocycles. The van der Waals surface area contributed by atoms with E-state index >= 15 is 0 Å². The van der Waals surface area contributed by atoms with Gasteiger partial charge < -0.3 is 5.11 Å². The average Bonchev–Trinajstić information content (AvgIpc) is 2.67. The number of para-hydroxylation sites is 1. The molecule has 0 radical (unpaired) electrons. The van der Waals surface area contributed by atoms with Crippen LogP contribution < -0.4 is 0 Å². The highest BCUT2D eigenvalue weighted by Gasteiger charge is 2.05. The van der Waals surface area contributed by atoms with Crippen molar-refractivity contribution in [3.63, 3.8) is 0 Å². The number of nitro benzene ring substituents is 1. The number of phenols is 1. The van der Waals surface area contributed by atoms with Crippen LogP contribution >= 0.6 is 0 Å². The molecule has 7 nitrogen and oxygen atoms in total. The normalized spacial score (nSPS) is 11.3. The topological polar surface area (TPSA) is 100 Å². The lowest BCUT2D eigenvalue weighted by Crippen LogP contribution is -1.85. The van der Waals surface area contributed by atoms with Gasteiger partial charge in [-0.2, -0.15) is 10.2 Å². The Morgan fingerprint density at radius 1 is 0.963 bits per heavy atom. The van der Waals surface area contributed by atoms with Crippen molar-refractivity contribution in [1.82, 2.24) is 0 Å². The maximum absolute atomic E-state index is 10.8. The number of hydrogen-bond acceptors (Lipinski definition) is 6. The first-order chi connectivity index (χ1) is 13.0. The first kappa shape index (κ1) is 17.9. The summed E-state index contributed by atoms with van der Waals surface area (Å²) in [6.07, 6.45) is 1.56. The SMILES string of the molecule is Cc1ccccc1N=Cc1cc(N=Nc2cccc([N+](=O)[O-])c2)ccc1O. The van der Waals surface area contributed by atoms with Gasteiger partial charge in [0.2, 0.25) is 0 Å². The monoisotopic (exact) mass is 360 g/mol. The molecule has 27 heavy (non-hydrogen) atoms. The van der Waals surface area contributed by atoms with Gasteiger partial charge in [0.15, 0.2) is 0 Å². The standard InChI is InChI=1S/C20H16N4O3/c1-14-5-2-3-8-19(14)21-13-15-11-17(9-10-20(15)25)23-22-16-6-4-7-18(12-16)24(26)27/h2-13,25H,1H3. The lowest BCUT2D eigenvalue weighted by molar-refractivity contribution is -0.384. The Hall–Kier alpha value is -3.87. The Morgan fingerprint density at radius 2 is 1.70 bits per heavy atom. The smallest absolute Gasteiger partial charge is 0.271 e. The lowest BCUT2D eigenvalue weighted by atomic mass is 10.2. The summed E-state index contributed by atoms with van der Waals surface area (Å²) in [5.41, 5.74) is 3.13. The van der Waals surface area contributed by atoms with E-state index in [-0.39, 0.29) is 11.4 Å². The Balaban J connectivity index is 1.84. The van der Waals surface area contributed by atoms with Crippen LogP contribution in [0, 0.1) is 17.0 Å². The molecule has 0 saturated carbocycles. The van der Waals surface area contributed by atoms with E-state index in [2.05, 4.69) is 15.2 Å². The Kier molecular flexibility index (Phi) is 5.32. The maximum atomic E-state index is 10.8. The fourth-order valence-corrected chi connectivity index (χ4v) is 2.34. The first-order valence-corrected chi connectivity index (χ1v) is 8.12.